The van der Waals surface area contributed by atoms with Crippen molar-refractivity contribution in [2.45, 2.75) is 12.8 Å². The minimum atomic E-state index is 0.926. The third-order valence-corrected chi connectivity index (χ3v) is 14.5. The zero-order chi connectivity index (χ0) is 44.5. The molecule has 8 aromatic carbocycles. The maximum Gasteiger partial charge on any atom is 0.0970 e. The van der Waals surface area contributed by atoms with Gasteiger partial charge in [0, 0.05) is 79.3 Å². The molecule has 0 fully saturated rings. The molecule has 0 radical (unpaired) electrons. The minimum Gasteiger partial charge on any atom is -0.309 e. The zero-order valence-corrected chi connectivity index (χ0v) is 36.7. The van der Waals surface area contributed by atoms with E-state index in [1.54, 1.807) is 0 Å². The number of aromatic nitrogens is 6. The van der Waals surface area contributed by atoms with Crippen molar-refractivity contribution in [1.82, 2.24) is 29.1 Å². The van der Waals surface area contributed by atoms with E-state index in [1.165, 1.54) is 65.9 Å². The Balaban J connectivity index is 0.958. The Kier molecular flexibility index (Phi) is 7.80. The van der Waals surface area contributed by atoms with Gasteiger partial charge < -0.3 is 9.13 Å². The molecule has 6 aromatic heterocycles. The Hall–Kier alpha value is -9.00. The molecule has 0 N–H and O–H groups in total. The maximum atomic E-state index is 4.84. The van der Waals surface area contributed by atoms with Crippen LogP contribution in [0.4, 0.5) is 0 Å². The van der Waals surface area contributed by atoms with Gasteiger partial charge in [0.1, 0.15) is 0 Å². The number of fused-ring (bicyclic) bond motifs is 15. The number of nitrogens with zero attached hydrogens (tertiary/aromatic N) is 6. The van der Waals surface area contributed by atoms with Crippen molar-refractivity contribution in [1.29, 1.82) is 0 Å². The molecule has 0 unspecified atom stereocenters. The monoisotopic (exact) mass is 866 g/mol. The van der Waals surface area contributed by atoms with Crippen molar-refractivity contribution >= 4 is 87.2 Å². The summed E-state index contributed by atoms with van der Waals surface area (Å²) >= 11 is 0. The fraction of sp³-hybridized carbons (Fsp3) is 0.0323. The van der Waals surface area contributed by atoms with Crippen molar-refractivity contribution in [3.8, 4) is 44.8 Å². The smallest absolute Gasteiger partial charge is 0.0970 e. The molecule has 1 aliphatic rings. The van der Waals surface area contributed by atoms with E-state index in [1.807, 2.05) is 49.1 Å². The number of para-hydroxylation sites is 2. The summed E-state index contributed by atoms with van der Waals surface area (Å²) in [5.74, 6) is 0. The Morgan fingerprint density at radius 3 is 1.16 bits per heavy atom. The predicted molar refractivity (Wildman–Crippen MR) is 280 cm³/mol. The second-order valence-electron chi connectivity index (χ2n) is 18.2. The first-order valence-electron chi connectivity index (χ1n) is 23.3. The van der Waals surface area contributed by atoms with Gasteiger partial charge in [-0.05, 0) is 167 Å². The summed E-state index contributed by atoms with van der Waals surface area (Å²) < 4.78 is 4.91. The van der Waals surface area contributed by atoms with Gasteiger partial charge in [-0.2, -0.15) is 0 Å². The van der Waals surface area contributed by atoms with E-state index in [0.717, 1.165) is 90.1 Å². The fourth-order valence-corrected chi connectivity index (χ4v) is 11.5. The van der Waals surface area contributed by atoms with E-state index in [9.17, 15) is 0 Å². The van der Waals surface area contributed by atoms with Crippen molar-refractivity contribution in [2.75, 3.05) is 0 Å². The first kappa shape index (κ1) is 37.2. The second-order valence-corrected chi connectivity index (χ2v) is 18.2. The lowest BCUT2D eigenvalue weighted by Gasteiger charge is -2.21. The maximum absolute atomic E-state index is 4.84. The van der Waals surface area contributed by atoms with Crippen molar-refractivity contribution in [3.63, 3.8) is 0 Å². The van der Waals surface area contributed by atoms with E-state index in [4.69, 9.17) is 19.9 Å². The van der Waals surface area contributed by atoms with Crippen LogP contribution in [0.15, 0.2) is 207 Å². The van der Waals surface area contributed by atoms with Gasteiger partial charge in [-0.25, -0.2) is 0 Å². The largest absolute Gasteiger partial charge is 0.309 e. The van der Waals surface area contributed by atoms with Crippen LogP contribution in [0.1, 0.15) is 11.1 Å². The minimum absolute atomic E-state index is 0.926. The highest BCUT2D eigenvalue weighted by Crippen LogP contribution is 2.46. The predicted octanol–water partition coefficient (Wildman–Crippen LogP) is 15.2. The number of pyridine rings is 4. The number of hydrogen-bond acceptors (Lipinski definition) is 4. The first-order chi connectivity index (χ1) is 33.7. The molecule has 1 aliphatic carbocycles. The summed E-state index contributed by atoms with van der Waals surface area (Å²) in [4.78, 5) is 19.1. The summed E-state index contributed by atoms with van der Waals surface area (Å²) in [5, 5.41) is 9.37. The Morgan fingerprint density at radius 1 is 0.294 bits per heavy atom. The topological polar surface area (TPSA) is 61.4 Å². The lowest BCUT2D eigenvalue weighted by molar-refractivity contribution is 0.946. The van der Waals surface area contributed by atoms with Crippen LogP contribution in [0.25, 0.3) is 132 Å². The van der Waals surface area contributed by atoms with Gasteiger partial charge in [-0.3, -0.25) is 19.9 Å². The molecule has 0 saturated carbocycles. The molecule has 6 heterocycles. The summed E-state index contributed by atoms with van der Waals surface area (Å²) in [7, 11) is 0. The normalized spacial score (nSPS) is 12.6. The quantitative estimate of drug-likeness (QED) is 0.165. The van der Waals surface area contributed by atoms with Crippen molar-refractivity contribution in [3.05, 3.63) is 218 Å². The van der Waals surface area contributed by atoms with Crippen LogP contribution >= 0.6 is 0 Å². The molecule has 14 aromatic rings. The highest BCUT2D eigenvalue weighted by atomic mass is 15.0. The summed E-state index contributed by atoms with van der Waals surface area (Å²) in [5.41, 5.74) is 20.8. The van der Waals surface area contributed by atoms with Gasteiger partial charge >= 0.3 is 0 Å². The standard InChI is InChI=1S/C62H38N6/c1-3-13-43(14-4-1)67-55-23-21-39(47-33-41-11-7-25-63-59(41)61-45(47)17-9-27-65-61)29-51(55)53-31-37-19-20-38-32-54-52-30-40(48-34-42-12-8-26-64-60(42)62-46(48)18-10-28-66-62)22-24-56(52)68(44-15-5-2-6-16-44)58(54)36-50(38)49(37)35-57(53)67/h1-18,21-36H,19-20H2. The third kappa shape index (κ3) is 5.40. The van der Waals surface area contributed by atoms with E-state index >= 15 is 0 Å². The van der Waals surface area contributed by atoms with Crippen LogP contribution in [-0.4, -0.2) is 29.1 Å². The summed E-state index contributed by atoms with van der Waals surface area (Å²) in [6.07, 6.45) is 9.36. The van der Waals surface area contributed by atoms with Gasteiger partial charge in [-0.15, -0.1) is 0 Å². The lowest BCUT2D eigenvalue weighted by Crippen LogP contribution is -2.05. The number of rotatable bonds is 4. The molecule has 0 amide bonds. The molecule has 316 valence electrons. The van der Waals surface area contributed by atoms with Crippen LogP contribution in [0.3, 0.4) is 0 Å². The van der Waals surface area contributed by atoms with Crippen LogP contribution in [0, 0.1) is 0 Å². The molecule has 6 heteroatoms. The zero-order valence-electron chi connectivity index (χ0n) is 36.7. The highest BCUT2D eigenvalue weighted by molar-refractivity contribution is 6.17. The Bertz CT molecular complexity index is 4150. The third-order valence-electron chi connectivity index (χ3n) is 14.5. The molecular formula is C62H38N6. The molecule has 15 rings (SSSR count). The van der Waals surface area contributed by atoms with Gasteiger partial charge in [0.05, 0.1) is 44.1 Å². The number of aryl methyl sites for hydroxylation is 2. The molecule has 6 nitrogen and oxygen atoms in total. The van der Waals surface area contributed by atoms with Gasteiger partial charge in [0.15, 0.2) is 0 Å². The first-order valence-corrected chi connectivity index (χ1v) is 23.3. The average molecular weight is 867 g/mol. The molecule has 68 heavy (non-hydrogen) atoms. The number of benzene rings is 8. The summed E-state index contributed by atoms with van der Waals surface area (Å²) in [6, 6.07) is 66.8. The lowest BCUT2D eigenvalue weighted by atomic mass is 9.84. The number of hydrogen-bond donors (Lipinski definition) is 0. The Morgan fingerprint density at radius 2 is 0.706 bits per heavy atom. The SMILES string of the molecule is c1ccc(-n2c3ccc(-c4cc5cccnc5c5ncccc45)cc3c3cc4c(cc32)-c2cc3c(cc2CC4)c2cc(-c4cc5cccnc5c5ncccc45)ccc2n3-c2ccccc2)cc1. The van der Waals surface area contributed by atoms with Crippen molar-refractivity contribution < 1.29 is 0 Å². The fourth-order valence-electron chi connectivity index (χ4n) is 11.5. The second kappa shape index (κ2) is 14.2. The van der Waals surface area contributed by atoms with Gasteiger partial charge in [0.2, 0.25) is 0 Å². The molecule has 0 bridgehead atoms. The van der Waals surface area contributed by atoms with E-state index in [-0.39, 0.29) is 0 Å². The summed E-state index contributed by atoms with van der Waals surface area (Å²) in [6.45, 7) is 0. The van der Waals surface area contributed by atoms with Crippen LogP contribution in [0.2, 0.25) is 0 Å². The van der Waals surface area contributed by atoms with E-state index in [0.29, 0.717) is 0 Å². The van der Waals surface area contributed by atoms with Crippen LogP contribution in [-0.2, 0) is 12.8 Å². The van der Waals surface area contributed by atoms with Crippen LogP contribution < -0.4 is 0 Å². The average Bonchev–Trinajstić information content (AvgIpc) is 3.90. The van der Waals surface area contributed by atoms with Gasteiger partial charge in [-0.1, -0.05) is 72.8 Å². The Labute approximate surface area is 390 Å². The molecule has 0 saturated heterocycles. The molecular weight excluding hydrogens is 829 g/mol. The van der Waals surface area contributed by atoms with E-state index in [2.05, 4.69) is 167 Å². The van der Waals surface area contributed by atoms with Crippen molar-refractivity contribution in [2.24, 2.45) is 0 Å². The van der Waals surface area contributed by atoms with Crippen LogP contribution in [0.5, 0.6) is 0 Å². The molecule has 0 spiro atoms. The molecule has 0 atom stereocenters. The van der Waals surface area contributed by atoms with Gasteiger partial charge in [0.25, 0.3) is 0 Å². The molecule has 0 aliphatic heterocycles. The highest BCUT2D eigenvalue weighted by Gasteiger charge is 2.25. The van der Waals surface area contributed by atoms with E-state index < -0.39 is 0 Å².